The van der Waals surface area contributed by atoms with Gasteiger partial charge in [0.2, 0.25) is 0 Å². The molecule has 0 N–H and O–H groups in total. The van der Waals surface area contributed by atoms with Crippen LogP contribution < -0.4 is 0 Å². The molecule has 1 heteroatoms. The van der Waals surface area contributed by atoms with Crippen molar-refractivity contribution in [3.63, 3.8) is 0 Å². The van der Waals surface area contributed by atoms with Gasteiger partial charge in [0.15, 0.2) is 0 Å². The van der Waals surface area contributed by atoms with E-state index in [1.54, 1.807) is 0 Å². The lowest BCUT2D eigenvalue weighted by Gasteiger charge is -2.35. The van der Waals surface area contributed by atoms with Gasteiger partial charge < -0.3 is 0 Å². The van der Waals surface area contributed by atoms with E-state index in [1.165, 1.54) is 6.42 Å². The van der Waals surface area contributed by atoms with E-state index in [9.17, 15) is 4.79 Å². The van der Waals surface area contributed by atoms with Gasteiger partial charge in [-0.3, -0.25) is 4.79 Å². The molecule has 1 aliphatic rings. The van der Waals surface area contributed by atoms with Crippen molar-refractivity contribution < 1.29 is 4.79 Å². The average Bonchev–Trinajstić information content (AvgIpc) is 2.09. The maximum Gasteiger partial charge on any atom is 0.142 e. The summed E-state index contributed by atoms with van der Waals surface area (Å²) in [4.78, 5) is 11.8. The molecule has 0 radical (unpaired) electrons. The van der Waals surface area contributed by atoms with Crippen molar-refractivity contribution in [1.29, 1.82) is 0 Å². The van der Waals surface area contributed by atoms with Gasteiger partial charge >= 0.3 is 0 Å². The zero-order valence-electron chi connectivity index (χ0n) is 8.97. The van der Waals surface area contributed by atoms with E-state index < -0.39 is 0 Å². The lowest BCUT2D eigenvalue weighted by atomic mass is 9.68. The Kier molecular flexibility index (Phi) is 2.94. The summed E-state index contributed by atoms with van der Waals surface area (Å²) < 4.78 is 0. The minimum Gasteiger partial charge on any atom is -0.299 e. The highest BCUT2D eigenvalue weighted by Crippen LogP contribution is 2.39. The van der Waals surface area contributed by atoms with Crippen LogP contribution in [0.1, 0.15) is 40.0 Å². The van der Waals surface area contributed by atoms with Gasteiger partial charge in [0.1, 0.15) is 5.78 Å². The molecular formula is C12H20O. The summed E-state index contributed by atoms with van der Waals surface area (Å²) in [6.07, 6.45) is 4.73. The fourth-order valence-corrected chi connectivity index (χ4v) is 1.98. The average molecular weight is 180 g/mol. The van der Waals surface area contributed by atoms with Crippen molar-refractivity contribution in [2.75, 3.05) is 0 Å². The zero-order valence-corrected chi connectivity index (χ0v) is 8.97. The van der Waals surface area contributed by atoms with Crippen molar-refractivity contribution in [1.82, 2.24) is 0 Å². The van der Waals surface area contributed by atoms with Gasteiger partial charge in [0.25, 0.3) is 0 Å². The SMILES string of the molecule is C=C[C@@]1(C)CC[C@H](C(C)C)CC1=O. The highest BCUT2D eigenvalue weighted by atomic mass is 16.1. The molecule has 0 amide bonds. The van der Waals surface area contributed by atoms with E-state index in [2.05, 4.69) is 20.4 Å². The number of hydrogen-bond donors (Lipinski definition) is 0. The number of Topliss-reactive ketones (excluding diaryl/α,β-unsaturated/α-hetero) is 1. The predicted molar refractivity (Wildman–Crippen MR) is 55.5 cm³/mol. The molecule has 1 fully saturated rings. The first-order valence-electron chi connectivity index (χ1n) is 5.16. The van der Waals surface area contributed by atoms with Crippen LogP contribution >= 0.6 is 0 Å². The van der Waals surface area contributed by atoms with Crippen molar-refractivity contribution in [3.8, 4) is 0 Å². The molecule has 0 bridgehead atoms. The van der Waals surface area contributed by atoms with Gasteiger partial charge in [-0.25, -0.2) is 0 Å². The van der Waals surface area contributed by atoms with Gasteiger partial charge in [-0.15, -0.1) is 6.58 Å². The van der Waals surface area contributed by atoms with Gasteiger partial charge in [-0.05, 0) is 31.6 Å². The van der Waals surface area contributed by atoms with Crippen LogP contribution in [-0.2, 0) is 4.79 Å². The van der Waals surface area contributed by atoms with E-state index in [0.717, 1.165) is 12.8 Å². The molecule has 0 spiro atoms. The summed E-state index contributed by atoms with van der Waals surface area (Å²) in [5.41, 5.74) is -0.231. The second-order valence-corrected chi connectivity index (χ2v) is 4.79. The van der Waals surface area contributed by atoms with Gasteiger partial charge in [-0.2, -0.15) is 0 Å². The minimum absolute atomic E-state index is 0.231. The summed E-state index contributed by atoms with van der Waals surface area (Å²) in [6, 6.07) is 0. The Morgan fingerprint density at radius 1 is 1.62 bits per heavy atom. The quantitative estimate of drug-likeness (QED) is 0.596. The number of rotatable bonds is 2. The van der Waals surface area contributed by atoms with Crippen LogP contribution in [-0.4, -0.2) is 5.78 Å². The minimum atomic E-state index is -0.231. The maximum atomic E-state index is 11.8. The van der Waals surface area contributed by atoms with Gasteiger partial charge in [-0.1, -0.05) is 19.9 Å². The van der Waals surface area contributed by atoms with Crippen molar-refractivity contribution >= 4 is 5.78 Å². The molecule has 1 saturated carbocycles. The molecular weight excluding hydrogens is 160 g/mol. The lowest BCUT2D eigenvalue weighted by molar-refractivity contribution is -0.129. The molecule has 1 nitrogen and oxygen atoms in total. The fraction of sp³-hybridized carbons (Fsp3) is 0.750. The van der Waals surface area contributed by atoms with E-state index in [0.29, 0.717) is 17.6 Å². The Hall–Kier alpha value is -0.590. The number of hydrogen-bond acceptors (Lipinski definition) is 1. The molecule has 74 valence electrons. The molecule has 0 aromatic carbocycles. The first kappa shape index (κ1) is 10.5. The molecule has 0 heterocycles. The molecule has 1 aliphatic carbocycles. The Balaban J connectivity index is 2.67. The Morgan fingerprint density at radius 3 is 2.62 bits per heavy atom. The summed E-state index contributed by atoms with van der Waals surface area (Å²) >= 11 is 0. The third-order valence-electron chi connectivity index (χ3n) is 3.51. The van der Waals surface area contributed by atoms with Gasteiger partial charge in [0.05, 0.1) is 0 Å². The predicted octanol–water partition coefficient (Wildman–Crippen LogP) is 3.20. The number of carbonyl (C=O) groups is 1. The summed E-state index contributed by atoms with van der Waals surface area (Å²) in [6.45, 7) is 10.2. The molecule has 0 aromatic rings. The molecule has 0 unspecified atom stereocenters. The zero-order chi connectivity index (χ0) is 10.1. The Morgan fingerprint density at radius 2 is 2.23 bits per heavy atom. The number of ketones is 1. The van der Waals surface area contributed by atoms with Crippen LogP contribution in [0.25, 0.3) is 0 Å². The molecule has 0 aromatic heterocycles. The Bertz CT molecular complexity index is 217. The highest BCUT2D eigenvalue weighted by Gasteiger charge is 2.36. The van der Waals surface area contributed by atoms with Crippen molar-refractivity contribution in [2.45, 2.75) is 40.0 Å². The van der Waals surface area contributed by atoms with Crippen LogP contribution in [0.15, 0.2) is 12.7 Å². The third-order valence-corrected chi connectivity index (χ3v) is 3.51. The second-order valence-electron chi connectivity index (χ2n) is 4.79. The monoisotopic (exact) mass is 180 g/mol. The van der Waals surface area contributed by atoms with E-state index in [-0.39, 0.29) is 5.41 Å². The molecule has 0 saturated heterocycles. The summed E-state index contributed by atoms with van der Waals surface area (Å²) in [5.74, 6) is 1.62. The largest absolute Gasteiger partial charge is 0.299 e. The van der Waals surface area contributed by atoms with E-state index >= 15 is 0 Å². The second kappa shape index (κ2) is 3.65. The molecule has 1 rings (SSSR count). The fourth-order valence-electron chi connectivity index (χ4n) is 1.98. The first-order chi connectivity index (χ1) is 5.99. The van der Waals surface area contributed by atoms with Crippen LogP contribution in [0.4, 0.5) is 0 Å². The normalized spacial score (nSPS) is 35.1. The lowest BCUT2D eigenvalue weighted by Crippen LogP contribution is -2.34. The Labute approximate surface area is 81.2 Å². The van der Waals surface area contributed by atoms with E-state index in [4.69, 9.17) is 0 Å². The number of allylic oxidation sites excluding steroid dienone is 1. The molecule has 2 atom stereocenters. The smallest absolute Gasteiger partial charge is 0.142 e. The maximum absolute atomic E-state index is 11.8. The molecule has 0 aliphatic heterocycles. The summed E-state index contributed by atoms with van der Waals surface area (Å²) in [5, 5.41) is 0. The third kappa shape index (κ3) is 2.01. The highest BCUT2D eigenvalue weighted by molar-refractivity contribution is 5.87. The van der Waals surface area contributed by atoms with Crippen LogP contribution in [0.2, 0.25) is 0 Å². The number of carbonyl (C=O) groups excluding carboxylic acids is 1. The van der Waals surface area contributed by atoms with Gasteiger partial charge in [0, 0.05) is 11.8 Å². The van der Waals surface area contributed by atoms with E-state index in [1.807, 2.05) is 13.0 Å². The summed E-state index contributed by atoms with van der Waals surface area (Å²) in [7, 11) is 0. The first-order valence-corrected chi connectivity index (χ1v) is 5.16. The van der Waals surface area contributed by atoms with Crippen molar-refractivity contribution in [2.24, 2.45) is 17.3 Å². The van der Waals surface area contributed by atoms with Crippen LogP contribution in [0, 0.1) is 17.3 Å². The standard InChI is InChI=1S/C12H20O/c1-5-12(4)7-6-10(9(2)3)8-11(12)13/h5,9-10H,1,6-8H2,2-4H3/t10-,12-/m0/s1. The molecule has 13 heavy (non-hydrogen) atoms. The van der Waals surface area contributed by atoms with Crippen LogP contribution in [0.3, 0.4) is 0 Å². The topological polar surface area (TPSA) is 17.1 Å². The van der Waals surface area contributed by atoms with Crippen LogP contribution in [0.5, 0.6) is 0 Å². The van der Waals surface area contributed by atoms with Crippen molar-refractivity contribution in [3.05, 3.63) is 12.7 Å².